The maximum absolute atomic E-state index is 10.0. The Hall–Kier alpha value is -3.81. The molecule has 0 amide bonds. The quantitative estimate of drug-likeness (QED) is 0.418. The highest BCUT2D eigenvalue weighted by atomic mass is 35.5. The van der Waals surface area contributed by atoms with Crippen LogP contribution in [0.5, 0.6) is 5.75 Å². The van der Waals surface area contributed by atoms with E-state index in [2.05, 4.69) is 16.3 Å². The number of nitrogens with two attached hydrogens (primary N) is 1. The van der Waals surface area contributed by atoms with E-state index in [0.717, 1.165) is 28.9 Å². The Balaban J connectivity index is 1.57. The second-order valence-electron chi connectivity index (χ2n) is 8.14. The highest BCUT2D eigenvalue weighted by Crippen LogP contribution is 2.36. The van der Waals surface area contributed by atoms with Crippen molar-refractivity contribution in [2.24, 2.45) is 0 Å². The van der Waals surface area contributed by atoms with Crippen LogP contribution in [0.2, 0.25) is 5.02 Å². The number of anilines is 1. The zero-order chi connectivity index (χ0) is 23.8. The Morgan fingerprint density at radius 2 is 2.18 bits per heavy atom. The van der Waals surface area contributed by atoms with Gasteiger partial charge in [0.2, 0.25) is 0 Å². The number of nitriles is 1. The van der Waals surface area contributed by atoms with Crippen LogP contribution in [-0.2, 0) is 13.0 Å². The summed E-state index contributed by atoms with van der Waals surface area (Å²) in [6, 6.07) is 7.04. The molecule has 0 aliphatic carbocycles. The third-order valence-electron chi connectivity index (χ3n) is 6.02. The summed E-state index contributed by atoms with van der Waals surface area (Å²) in [5, 5.41) is 28.9. The lowest BCUT2D eigenvalue weighted by molar-refractivity contribution is 0.114. The van der Waals surface area contributed by atoms with Crippen molar-refractivity contribution in [3.05, 3.63) is 58.6 Å². The van der Waals surface area contributed by atoms with E-state index in [-0.39, 0.29) is 6.61 Å². The van der Waals surface area contributed by atoms with Gasteiger partial charge in [-0.05, 0) is 30.7 Å². The van der Waals surface area contributed by atoms with Crippen LogP contribution in [-0.4, -0.2) is 54.1 Å². The Kier molecular flexibility index (Phi) is 5.73. The van der Waals surface area contributed by atoms with E-state index < -0.39 is 6.10 Å². The van der Waals surface area contributed by atoms with Crippen molar-refractivity contribution in [2.75, 3.05) is 25.4 Å². The average Bonchev–Trinajstić information content (AvgIpc) is 3.28. The molecule has 0 fully saturated rings. The van der Waals surface area contributed by atoms with Gasteiger partial charge in [-0.15, -0.1) is 0 Å². The number of aliphatic hydroxyl groups is 1. The fourth-order valence-corrected chi connectivity index (χ4v) is 4.51. The molecule has 0 aromatic carbocycles. The van der Waals surface area contributed by atoms with Gasteiger partial charge in [-0.25, -0.2) is 9.50 Å². The minimum absolute atomic E-state index is 0.300. The number of hydrogen-bond acceptors (Lipinski definition) is 8. The lowest BCUT2D eigenvalue weighted by Gasteiger charge is -2.18. The predicted molar refractivity (Wildman–Crippen MR) is 126 cm³/mol. The minimum Gasteiger partial charge on any atom is -0.479 e. The van der Waals surface area contributed by atoms with Crippen LogP contribution in [0.15, 0.2) is 36.7 Å². The van der Waals surface area contributed by atoms with E-state index in [1.54, 1.807) is 33.8 Å². The second-order valence-corrected chi connectivity index (χ2v) is 8.54. The van der Waals surface area contributed by atoms with Crippen LogP contribution in [0.25, 0.3) is 16.8 Å². The Labute approximate surface area is 200 Å². The molecule has 0 saturated heterocycles. The van der Waals surface area contributed by atoms with E-state index in [0.29, 0.717) is 47.4 Å². The first kappa shape index (κ1) is 22.0. The van der Waals surface area contributed by atoms with Crippen molar-refractivity contribution in [2.45, 2.75) is 26.0 Å². The van der Waals surface area contributed by atoms with Gasteiger partial charge in [0.25, 0.3) is 0 Å². The molecule has 1 aliphatic rings. The largest absolute Gasteiger partial charge is 0.479 e. The first-order valence-corrected chi connectivity index (χ1v) is 11.2. The van der Waals surface area contributed by atoms with E-state index in [4.69, 9.17) is 27.2 Å². The summed E-state index contributed by atoms with van der Waals surface area (Å²) in [5.41, 5.74) is 10.7. The van der Waals surface area contributed by atoms with E-state index in [9.17, 15) is 10.4 Å². The molecule has 0 spiro atoms. The summed E-state index contributed by atoms with van der Waals surface area (Å²) >= 11 is 6.42. The molecule has 5 rings (SSSR count). The number of nitrogen functional groups attached to an aromatic ring is 1. The molecule has 174 valence electrons. The van der Waals surface area contributed by atoms with Crippen LogP contribution in [0.3, 0.4) is 0 Å². The summed E-state index contributed by atoms with van der Waals surface area (Å²) in [7, 11) is 0. The van der Waals surface area contributed by atoms with Gasteiger partial charge in [0.1, 0.15) is 17.1 Å². The summed E-state index contributed by atoms with van der Waals surface area (Å²) < 4.78 is 9.84. The zero-order valence-electron chi connectivity index (χ0n) is 18.5. The molecule has 11 heteroatoms. The van der Waals surface area contributed by atoms with Crippen molar-refractivity contribution >= 4 is 22.9 Å². The van der Waals surface area contributed by atoms with Crippen molar-refractivity contribution in [1.29, 1.82) is 5.26 Å². The fourth-order valence-electron chi connectivity index (χ4n) is 4.29. The van der Waals surface area contributed by atoms with Gasteiger partial charge in [-0.1, -0.05) is 17.7 Å². The first-order chi connectivity index (χ1) is 16.5. The SMILES string of the molecule is Cc1c(-c2cc(OC(CO)c3cccc(N)n3)c3c(Cl)cnn3c2)nn2c1CCN(C#N)CC2. The number of halogens is 1. The number of aromatic nitrogens is 5. The van der Waals surface area contributed by atoms with Gasteiger partial charge < -0.3 is 20.5 Å². The summed E-state index contributed by atoms with van der Waals surface area (Å²) in [6.45, 7) is 3.65. The molecule has 0 saturated carbocycles. The van der Waals surface area contributed by atoms with Crippen molar-refractivity contribution in [3.8, 4) is 23.2 Å². The van der Waals surface area contributed by atoms with Crippen LogP contribution < -0.4 is 10.5 Å². The van der Waals surface area contributed by atoms with Crippen LogP contribution in [0.4, 0.5) is 5.82 Å². The van der Waals surface area contributed by atoms with E-state index >= 15 is 0 Å². The number of rotatable bonds is 5. The fraction of sp³-hybridized carbons (Fsp3) is 0.304. The molecule has 1 atom stereocenters. The van der Waals surface area contributed by atoms with Crippen LogP contribution >= 0.6 is 11.6 Å². The van der Waals surface area contributed by atoms with Crippen LogP contribution in [0, 0.1) is 18.4 Å². The number of ether oxygens (including phenoxy) is 1. The molecule has 1 aliphatic heterocycles. The van der Waals surface area contributed by atoms with Gasteiger partial charge in [0.15, 0.2) is 12.3 Å². The lowest BCUT2D eigenvalue weighted by atomic mass is 10.1. The van der Waals surface area contributed by atoms with E-state index in [1.807, 2.05) is 23.9 Å². The molecule has 34 heavy (non-hydrogen) atoms. The maximum atomic E-state index is 10.0. The van der Waals surface area contributed by atoms with Gasteiger partial charge in [0.05, 0.1) is 35.8 Å². The predicted octanol–water partition coefficient (Wildman–Crippen LogP) is 2.59. The van der Waals surface area contributed by atoms with Gasteiger partial charge in [-0.2, -0.15) is 15.5 Å². The number of pyridine rings is 2. The number of hydrogen-bond donors (Lipinski definition) is 2. The third kappa shape index (κ3) is 3.89. The average molecular weight is 479 g/mol. The van der Waals surface area contributed by atoms with Gasteiger partial charge in [0, 0.05) is 37.0 Å². The minimum atomic E-state index is -0.745. The standard InChI is InChI=1S/C23H23ClN8O2/c1-14-18-5-6-30(13-25)7-8-31(18)29-22(14)15-9-19(23-16(24)10-27-32(23)11-15)34-20(12-33)17-3-2-4-21(26)28-17/h2-4,9-11,20,33H,5-8,12H2,1H3,(H2,26,28). The van der Waals surface area contributed by atoms with Crippen molar-refractivity contribution in [1.82, 2.24) is 29.3 Å². The van der Waals surface area contributed by atoms with Gasteiger partial charge >= 0.3 is 0 Å². The molecular formula is C23H23ClN8O2. The summed E-state index contributed by atoms with van der Waals surface area (Å²) in [5.74, 6) is 0.785. The number of fused-ring (bicyclic) bond motifs is 2. The lowest BCUT2D eigenvalue weighted by Crippen LogP contribution is -2.21. The summed E-state index contributed by atoms with van der Waals surface area (Å²) in [4.78, 5) is 6.03. The maximum Gasteiger partial charge on any atom is 0.179 e. The highest BCUT2D eigenvalue weighted by molar-refractivity contribution is 6.34. The van der Waals surface area contributed by atoms with Crippen LogP contribution in [0.1, 0.15) is 23.1 Å². The molecule has 3 N–H and O–H groups in total. The number of nitrogens with zero attached hydrogens (tertiary/aromatic N) is 7. The molecule has 0 bridgehead atoms. The Bertz CT molecular complexity index is 1410. The van der Waals surface area contributed by atoms with Gasteiger partial charge in [-0.3, -0.25) is 4.68 Å². The molecule has 4 aromatic rings. The topological polar surface area (TPSA) is 131 Å². The molecule has 1 unspecified atom stereocenters. The smallest absolute Gasteiger partial charge is 0.179 e. The molecule has 0 radical (unpaired) electrons. The Morgan fingerprint density at radius 1 is 1.32 bits per heavy atom. The highest BCUT2D eigenvalue weighted by Gasteiger charge is 2.23. The molecular weight excluding hydrogens is 456 g/mol. The number of aliphatic hydroxyl groups excluding tert-OH is 1. The first-order valence-electron chi connectivity index (χ1n) is 10.9. The second kappa shape index (κ2) is 8.85. The normalized spacial score (nSPS) is 14.5. The van der Waals surface area contributed by atoms with Crippen molar-refractivity contribution < 1.29 is 9.84 Å². The molecule has 4 aromatic heterocycles. The zero-order valence-corrected chi connectivity index (χ0v) is 19.3. The van der Waals surface area contributed by atoms with Crippen molar-refractivity contribution in [3.63, 3.8) is 0 Å². The molecule has 10 nitrogen and oxygen atoms in total. The van der Waals surface area contributed by atoms with E-state index in [1.165, 1.54) is 0 Å². The monoisotopic (exact) mass is 478 g/mol. The Morgan fingerprint density at radius 3 is 2.94 bits per heavy atom. The molecule has 5 heterocycles. The third-order valence-corrected chi connectivity index (χ3v) is 6.30. The summed E-state index contributed by atoms with van der Waals surface area (Å²) in [6.07, 6.45) is 5.62.